The van der Waals surface area contributed by atoms with Crippen LogP contribution in [-0.2, 0) is 25.6 Å². The Kier molecular flexibility index (Phi) is 6.79. The molecule has 150 valence electrons. The maximum atomic E-state index is 12.7. The van der Waals surface area contributed by atoms with Crippen molar-refractivity contribution in [3.05, 3.63) is 83.9 Å². The molecule has 0 aromatic heterocycles. The van der Waals surface area contributed by atoms with Gasteiger partial charge in [-0.1, -0.05) is 54.6 Å². The summed E-state index contributed by atoms with van der Waals surface area (Å²) in [6.07, 6.45) is 3.30. The summed E-state index contributed by atoms with van der Waals surface area (Å²) in [6.45, 7) is 0.315. The minimum absolute atomic E-state index is 0.315. The highest BCUT2D eigenvalue weighted by atomic mass is 16.5. The van der Waals surface area contributed by atoms with E-state index in [-0.39, 0.29) is 0 Å². The zero-order valence-corrected chi connectivity index (χ0v) is 16.1. The van der Waals surface area contributed by atoms with Crippen LogP contribution in [0.5, 0.6) is 0 Å². The van der Waals surface area contributed by atoms with Gasteiger partial charge in [-0.2, -0.15) is 0 Å². The molecule has 3 rings (SSSR count). The van der Waals surface area contributed by atoms with E-state index in [2.05, 4.69) is 5.32 Å². The number of carbonyl (C=O) groups is 3. The molecule has 2 aromatic rings. The molecule has 1 N–H and O–H groups in total. The summed E-state index contributed by atoms with van der Waals surface area (Å²) in [7, 11) is 1.26. The number of methoxy groups -OCH3 is 1. The summed E-state index contributed by atoms with van der Waals surface area (Å²) >= 11 is 0. The van der Waals surface area contributed by atoms with Crippen molar-refractivity contribution in [2.75, 3.05) is 7.11 Å². The van der Waals surface area contributed by atoms with E-state index in [9.17, 15) is 14.4 Å². The number of amides is 1. The Labute approximate surface area is 169 Å². The van der Waals surface area contributed by atoms with Gasteiger partial charge in [-0.05, 0) is 30.2 Å². The number of ether oxygens (including phenoxy) is 2. The van der Waals surface area contributed by atoms with Crippen LogP contribution in [0.3, 0.4) is 0 Å². The van der Waals surface area contributed by atoms with Crippen LogP contribution >= 0.6 is 0 Å². The van der Waals surface area contributed by atoms with Crippen molar-refractivity contribution in [2.45, 2.75) is 19.1 Å². The van der Waals surface area contributed by atoms with E-state index >= 15 is 0 Å². The molecule has 1 amide bonds. The van der Waals surface area contributed by atoms with E-state index in [1.165, 1.54) is 7.11 Å². The lowest BCUT2D eigenvalue weighted by atomic mass is 9.90. The molecule has 0 saturated heterocycles. The molecule has 6 heteroatoms. The van der Waals surface area contributed by atoms with E-state index in [1.54, 1.807) is 36.4 Å². The van der Waals surface area contributed by atoms with Crippen molar-refractivity contribution >= 4 is 17.8 Å². The van der Waals surface area contributed by atoms with Crippen molar-refractivity contribution in [2.24, 2.45) is 11.8 Å². The van der Waals surface area contributed by atoms with Gasteiger partial charge in [-0.25, -0.2) is 4.79 Å². The highest BCUT2D eigenvalue weighted by molar-refractivity contribution is 5.98. The first-order valence-electron chi connectivity index (χ1n) is 9.42. The molecule has 2 aromatic carbocycles. The minimum atomic E-state index is -1.000. The van der Waals surface area contributed by atoms with Gasteiger partial charge in [-0.15, -0.1) is 0 Å². The Morgan fingerprint density at radius 1 is 1.00 bits per heavy atom. The third-order valence-corrected chi connectivity index (χ3v) is 4.82. The molecule has 1 aliphatic rings. The fourth-order valence-electron chi connectivity index (χ4n) is 3.30. The van der Waals surface area contributed by atoms with Gasteiger partial charge in [0, 0.05) is 12.5 Å². The van der Waals surface area contributed by atoms with Gasteiger partial charge in [0.25, 0.3) is 0 Å². The predicted octanol–water partition coefficient (Wildman–Crippen LogP) is 2.89. The predicted molar refractivity (Wildman–Crippen MR) is 107 cm³/mol. The van der Waals surface area contributed by atoms with Crippen LogP contribution in [0.4, 0.5) is 0 Å². The zero-order valence-electron chi connectivity index (χ0n) is 16.1. The number of allylic oxidation sites excluding steroid dienone is 1. The number of hydrogen-bond donors (Lipinski definition) is 1. The number of nitrogens with one attached hydrogen (secondary N) is 1. The molecule has 3 atom stereocenters. The molecule has 0 fully saturated rings. The lowest BCUT2D eigenvalue weighted by Crippen LogP contribution is -2.39. The number of rotatable bonds is 7. The summed E-state index contributed by atoms with van der Waals surface area (Å²) in [6, 6.07) is 18.1. The van der Waals surface area contributed by atoms with Gasteiger partial charge >= 0.3 is 11.9 Å². The number of hydrogen-bond acceptors (Lipinski definition) is 5. The van der Waals surface area contributed by atoms with Crippen molar-refractivity contribution in [3.8, 4) is 0 Å². The van der Waals surface area contributed by atoms with Crippen LogP contribution in [0, 0.1) is 11.8 Å². The standard InChI is InChI=1S/C23H23NO5/c1-28-23(27)20(21(25)24-15-16-8-4-2-5-9-16)18-12-13-19(14-18)29-22(26)17-10-6-3-7-11-17/h2-13,18-20H,14-15H2,1H3,(H,24,25)/t18-,19+,20?/m0/s1. The van der Waals surface area contributed by atoms with Crippen LogP contribution in [0.15, 0.2) is 72.8 Å². The largest absolute Gasteiger partial charge is 0.468 e. The van der Waals surface area contributed by atoms with Crippen LogP contribution in [0.25, 0.3) is 0 Å². The second kappa shape index (κ2) is 9.68. The first-order chi connectivity index (χ1) is 14.1. The number of carbonyl (C=O) groups excluding carboxylic acids is 3. The number of esters is 2. The van der Waals surface area contributed by atoms with Crippen LogP contribution in [0.1, 0.15) is 22.3 Å². The van der Waals surface area contributed by atoms with Crippen LogP contribution in [-0.4, -0.2) is 31.1 Å². The average Bonchev–Trinajstić information content (AvgIpc) is 3.21. The van der Waals surface area contributed by atoms with E-state index in [4.69, 9.17) is 9.47 Å². The van der Waals surface area contributed by atoms with Crippen LogP contribution in [0.2, 0.25) is 0 Å². The van der Waals surface area contributed by atoms with E-state index in [1.807, 2.05) is 36.4 Å². The van der Waals surface area contributed by atoms with E-state index in [0.29, 0.717) is 18.5 Å². The Balaban J connectivity index is 1.61. The minimum Gasteiger partial charge on any atom is -0.468 e. The molecule has 0 bridgehead atoms. The second-order valence-electron chi connectivity index (χ2n) is 6.80. The summed E-state index contributed by atoms with van der Waals surface area (Å²) in [5, 5.41) is 2.79. The molecule has 0 aliphatic heterocycles. The molecule has 29 heavy (non-hydrogen) atoms. The maximum Gasteiger partial charge on any atom is 0.338 e. The smallest absolute Gasteiger partial charge is 0.338 e. The van der Waals surface area contributed by atoms with Crippen molar-refractivity contribution in [3.63, 3.8) is 0 Å². The van der Waals surface area contributed by atoms with E-state index in [0.717, 1.165) is 5.56 Å². The van der Waals surface area contributed by atoms with Gasteiger partial charge in [0.05, 0.1) is 12.7 Å². The second-order valence-corrected chi connectivity index (χ2v) is 6.80. The lowest BCUT2D eigenvalue weighted by Gasteiger charge is -2.21. The molecule has 1 unspecified atom stereocenters. The molecular formula is C23H23NO5. The van der Waals surface area contributed by atoms with Gasteiger partial charge in [-0.3, -0.25) is 9.59 Å². The quantitative estimate of drug-likeness (QED) is 0.444. The summed E-state index contributed by atoms with van der Waals surface area (Å²) in [5.74, 6) is -2.87. The molecule has 1 aliphatic carbocycles. The third kappa shape index (κ3) is 5.31. The van der Waals surface area contributed by atoms with Gasteiger partial charge in [0.15, 0.2) is 0 Å². The summed E-state index contributed by atoms with van der Waals surface area (Å²) in [4.78, 5) is 37.2. The Morgan fingerprint density at radius 2 is 1.66 bits per heavy atom. The lowest BCUT2D eigenvalue weighted by molar-refractivity contribution is -0.151. The van der Waals surface area contributed by atoms with Gasteiger partial charge in [0.2, 0.25) is 5.91 Å². The fraction of sp³-hybridized carbons (Fsp3) is 0.261. The van der Waals surface area contributed by atoms with Crippen molar-refractivity contribution < 1.29 is 23.9 Å². The van der Waals surface area contributed by atoms with Crippen LogP contribution < -0.4 is 5.32 Å². The normalized spacial score (nSPS) is 18.7. The van der Waals surface area contributed by atoms with Crippen molar-refractivity contribution in [1.82, 2.24) is 5.32 Å². The first-order valence-corrected chi connectivity index (χ1v) is 9.42. The molecule has 0 spiro atoms. The Bertz CT molecular complexity index is 879. The number of benzene rings is 2. The monoisotopic (exact) mass is 393 g/mol. The average molecular weight is 393 g/mol. The SMILES string of the molecule is COC(=O)C(C(=O)NCc1ccccc1)[C@H]1C=C[C@@H](OC(=O)c2ccccc2)C1. The molecule has 0 saturated carbocycles. The summed E-state index contributed by atoms with van der Waals surface area (Å²) in [5.41, 5.74) is 1.38. The Morgan fingerprint density at radius 3 is 2.31 bits per heavy atom. The molecule has 0 heterocycles. The maximum absolute atomic E-state index is 12.7. The van der Waals surface area contributed by atoms with Gasteiger partial charge in [0.1, 0.15) is 12.0 Å². The highest BCUT2D eigenvalue weighted by Crippen LogP contribution is 2.29. The van der Waals surface area contributed by atoms with E-state index < -0.39 is 35.8 Å². The molecule has 0 radical (unpaired) electrons. The molecular weight excluding hydrogens is 370 g/mol. The van der Waals surface area contributed by atoms with Gasteiger partial charge < -0.3 is 14.8 Å². The summed E-state index contributed by atoms with van der Waals surface area (Å²) < 4.78 is 10.3. The third-order valence-electron chi connectivity index (χ3n) is 4.82. The molecule has 6 nitrogen and oxygen atoms in total. The highest BCUT2D eigenvalue weighted by Gasteiger charge is 2.38. The first kappa shape index (κ1) is 20.3. The fourth-order valence-corrected chi connectivity index (χ4v) is 3.30. The van der Waals surface area contributed by atoms with Crippen molar-refractivity contribution in [1.29, 1.82) is 0 Å². The topological polar surface area (TPSA) is 81.7 Å². The Hall–Kier alpha value is -3.41. The zero-order chi connectivity index (χ0) is 20.6.